The highest BCUT2D eigenvalue weighted by atomic mass is 32.1. The number of nitriles is 1. The number of hydrogen-bond donors (Lipinski definition) is 1. The number of nitrogens with zero attached hydrogens (tertiary/aromatic N) is 4. The van der Waals surface area contributed by atoms with Gasteiger partial charge in [0.1, 0.15) is 17.7 Å². The van der Waals surface area contributed by atoms with E-state index in [4.69, 9.17) is 9.72 Å². The van der Waals surface area contributed by atoms with Gasteiger partial charge in [-0.25, -0.2) is 9.97 Å². The van der Waals surface area contributed by atoms with Crippen LogP contribution >= 0.6 is 11.3 Å². The van der Waals surface area contributed by atoms with Crippen molar-refractivity contribution in [1.29, 1.82) is 5.26 Å². The molecule has 8 heteroatoms. The molecule has 1 amide bonds. The Morgan fingerprint density at radius 2 is 2.28 bits per heavy atom. The lowest BCUT2D eigenvalue weighted by Gasteiger charge is -2.20. The fourth-order valence-electron chi connectivity index (χ4n) is 4.08. The van der Waals surface area contributed by atoms with E-state index in [-0.39, 0.29) is 12.0 Å². The van der Waals surface area contributed by atoms with E-state index in [0.29, 0.717) is 22.6 Å². The van der Waals surface area contributed by atoms with Gasteiger partial charge in [0.15, 0.2) is 5.13 Å². The minimum absolute atomic E-state index is 0.00831. The molecule has 2 aliphatic rings. The molecular weight excluding hydrogens is 386 g/mol. The van der Waals surface area contributed by atoms with Gasteiger partial charge >= 0.3 is 0 Å². The van der Waals surface area contributed by atoms with Crippen molar-refractivity contribution in [2.75, 3.05) is 11.9 Å². The molecule has 3 heterocycles. The fraction of sp³-hybridized carbons (Fsp3) is 0.524. The molecule has 1 saturated heterocycles. The molecule has 1 aliphatic heterocycles. The topological polar surface area (TPSA) is 91.1 Å². The first-order valence-corrected chi connectivity index (χ1v) is 10.9. The SMILES string of the molecule is CC(=O)Nc1ncc(CN2C[C@H](Oc3nc4c(cc3C#N)CCCC4)C[C@@H]2C)s1. The molecule has 0 aromatic carbocycles. The summed E-state index contributed by atoms with van der Waals surface area (Å²) in [5.74, 6) is 0.373. The third-order valence-electron chi connectivity index (χ3n) is 5.53. The number of hydrogen-bond acceptors (Lipinski definition) is 7. The predicted octanol–water partition coefficient (Wildman–Crippen LogP) is 3.29. The van der Waals surface area contributed by atoms with Crippen LogP contribution in [0, 0.1) is 11.3 Å². The van der Waals surface area contributed by atoms with Gasteiger partial charge in [0.05, 0.1) is 0 Å². The number of aromatic nitrogens is 2. The molecule has 29 heavy (non-hydrogen) atoms. The quantitative estimate of drug-likeness (QED) is 0.812. The summed E-state index contributed by atoms with van der Waals surface area (Å²) in [6.07, 6.45) is 6.99. The summed E-state index contributed by atoms with van der Waals surface area (Å²) < 4.78 is 6.22. The number of fused-ring (bicyclic) bond motifs is 1. The number of rotatable bonds is 5. The zero-order valence-corrected chi connectivity index (χ0v) is 17.6. The molecule has 2 aromatic rings. The van der Waals surface area contributed by atoms with Gasteiger partial charge in [0.25, 0.3) is 0 Å². The van der Waals surface area contributed by atoms with E-state index in [9.17, 15) is 10.1 Å². The summed E-state index contributed by atoms with van der Waals surface area (Å²) >= 11 is 1.50. The number of ether oxygens (including phenoxy) is 1. The lowest BCUT2D eigenvalue weighted by atomic mass is 9.95. The molecule has 0 radical (unpaired) electrons. The Morgan fingerprint density at radius 3 is 3.07 bits per heavy atom. The van der Waals surface area contributed by atoms with Crippen LogP contribution < -0.4 is 10.1 Å². The van der Waals surface area contributed by atoms with Crippen LogP contribution in [-0.4, -0.2) is 39.5 Å². The lowest BCUT2D eigenvalue weighted by molar-refractivity contribution is -0.114. The average Bonchev–Trinajstić information content (AvgIpc) is 3.27. The summed E-state index contributed by atoms with van der Waals surface area (Å²) in [5, 5.41) is 12.9. The van der Waals surface area contributed by atoms with Crippen molar-refractivity contribution in [2.45, 2.75) is 64.6 Å². The van der Waals surface area contributed by atoms with E-state index in [2.05, 4.69) is 28.2 Å². The van der Waals surface area contributed by atoms with Crippen LogP contribution in [0.3, 0.4) is 0 Å². The van der Waals surface area contributed by atoms with Crippen LogP contribution in [-0.2, 0) is 24.2 Å². The van der Waals surface area contributed by atoms with Crippen molar-refractivity contribution in [1.82, 2.24) is 14.9 Å². The van der Waals surface area contributed by atoms with Gasteiger partial charge in [0, 0.05) is 49.2 Å². The number of aryl methyl sites for hydroxylation is 2. The Hall–Kier alpha value is -2.50. The number of amides is 1. The standard InChI is InChI=1S/C21H25N5O2S/c1-13-7-17(11-26(13)12-18-10-23-21(29-18)24-14(2)27)28-20-16(9-22)8-15-5-3-4-6-19(15)25-20/h8,10,13,17H,3-7,11-12H2,1-2H3,(H,23,24,27)/t13-,17+/m0/s1. The van der Waals surface area contributed by atoms with Crippen molar-refractivity contribution in [3.63, 3.8) is 0 Å². The van der Waals surface area contributed by atoms with Crippen LogP contribution in [0.25, 0.3) is 0 Å². The van der Waals surface area contributed by atoms with Gasteiger partial charge in [-0.2, -0.15) is 5.26 Å². The van der Waals surface area contributed by atoms with Crippen molar-refractivity contribution in [3.05, 3.63) is 34.0 Å². The molecule has 0 unspecified atom stereocenters. The monoisotopic (exact) mass is 411 g/mol. The van der Waals surface area contributed by atoms with E-state index in [1.54, 1.807) is 0 Å². The van der Waals surface area contributed by atoms with Crippen molar-refractivity contribution >= 4 is 22.4 Å². The van der Waals surface area contributed by atoms with E-state index in [1.165, 1.54) is 23.8 Å². The normalized spacial score (nSPS) is 21.4. The summed E-state index contributed by atoms with van der Waals surface area (Å²) in [5.41, 5.74) is 2.82. The van der Waals surface area contributed by atoms with Crippen LogP contribution in [0.1, 0.15) is 54.8 Å². The Kier molecular flexibility index (Phi) is 5.79. The molecule has 4 rings (SSSR count). The maximum Gasteiger partial charge on any atom is 0.232 e. The van der Waals surface area contributed by atoms with Crippen molar-refractivity contribution in [3.8, 4) is 11.9 Å². The maximum absolute atomic E-state index is 11.2. The van der Waals surface area contributed by atoms with Crippen molar-refractivity contribution < 1.29 is 9.53 Å². The van der Waals surface area contributed by atoms with Crippen LogP contribution in [0.2, 0.25) is 0 Å². The zero-order valence-electron chi connectivity index (χ0n) is 16.8. The molecule has 0 saturated carbocycles. The van der Waals surface area contributed by atoms with Gasteiger partial charge in [-0.3, -0.25) is 9.69 Å². The molecule has 1 N–H and O–H groups in total. The average molecular weight is 412 g/mol. The molecule has 0 spiro atoms. The number of carbonyl (C=O) groups excluding carboxylic acids is 1. The molecule has 152 valence electrons. The number of pyridine rings is 1. The fourth-order valence-corrected chi connectivity index (χ4v) is 4.97. The Balaban J connectivity index is 1.42. The highest BCUT2D eigenvalue weighted by Crippen LogP contribution is 2.30. The molecule has 7 nitrogen and oxygen atoms in total. The minimum Gasteiger partial charge on any atom is -0.472 e. The third kappa shape index (κ3) is 4.57. The van der Waals surface area contributed by atoms with Gasteiger partial charge in [0.2, 0.25) is 11.8 Å². The van der Waals surface area contributed by atoms with E-state index in [1.807, 2.05) is 12.3 Å². The number of carbonyl (C=O) groups is 1. The Morgan fingerprint density at radius 1 is 1.45 bits per heavy atom. The van der Waals surface area contributed by atoms with Crippen LogP contribution in [0.15, 0.2) is 12.3 Å². The highest BCUT2D eigenvalue weighted by Gasteiger charge is 2.32. The summed E-state index contributed by atoms with van der Waals surface area (Å²) in [6, 6.07) is 4.58. The second-order valence-corrected chi connectivity index (χ2v) is 8.95. The molecule has 1 fully saturated rings. The minimum atomic E-state index is -0.111. The van der Waals surface area contributed by atoms with Gasteiger partial charge in [-0.1, -0.05) is 0 Å². The van der Waals surface area contributed by atoms with Gasteiger partial charge < -0.3 is 10.1 Å². The van der Waals surface area contributed by atoms with Crippen molar-refractivity contribution in [2.24, 2.45) is 0 Å². The highest BCUT2D eigenvalue weighted by molar-refractivity contribution is 7.15. The summed E-state index contributed by atoms with van der Waals surface area (Å²) in [4.78, 5) is 23.6. The molecule has 2 aromatic heterocycles. The first-order chi connectivity index (χ1) is 14.0. The molecule has 0 bridgehead atoms. The Bertz CT molecular complexity index is 951. The second kappa shape index (κ2) is 8.47. The molecule has 1 aliphatic carbocycles. The largest absolute Gasteiger partial charge is 0.472 e. The van der Waals surface area contributed by atoms with Crippen LogP contribution in [0.4, 0.5) is 5.13 Å². The van der Waals surface area contributed by atoms with Gasteiger partial charge in [-0.15, -0.1) is 11.3 Å². The maximum atomic E-state index is 11.2. The molecular formula is C21H25N5O2S. The zero-order chi connectivity index (χ0) is 20.4. The van der Waals surface area contributed by atoms with E-state index < -0.39 is 0 Å². The molecule has 2 atom stereocenters. The first-order valence-electron chi connectivity index (χ1n) is 10.1. The second-order valence-electron chi connectivity index (χ2n) is 7.83. The lowest BCUT2D eigenvalue weighted by Crippen LogP contribution is -2.28. The third-order valence-corrected chi connectivity index (χ3v) is 6.42. The number of likely N-dealkylation sites (tertiary alicyclic amines) is 1. The van der Waals surface area contributed by atoms with E-state index >= 15 is 0 Å². The summed E-state index contributed by atoms with van der Waals surface area (Å²) in [7, 11) is 0. The Labute approximate surface area is 174 Å². The van der Waals surface area contributed by atoms with Crippen LogP contribution in [0.5, 0.6) is 5.88 Å². The van der Waals surface area contributed by atoms with Gasteiger partial charge in [-0.05, 0) is 44.2 Å². The number of anilines is 1. The number of nitrogens with one attached hydrogen (secondary N) is 1. The predicted molar refractivity (Wildman–Crippen MR) is 111 cm³/mol. The smallest absolute Gasteiger partial charge is 0.232 e. The van der Waals surface area contributed by atoms with E-state index in [0.717, 1.165) is 55.8 Å². The summed E-state index contributed by atoms with van der Waals surface area (Å²) in [6.45, 7) is 5.21. The number of thiazole rings is 1. The first kappa shape index (κ1) is 19.8.